The van der Waals surface area contributed by atoms with E-state index in [-0.39, 0.29) is 25.1 Å². The minimum atomic E-state index is -0.947. The molecule has 3 aliphatic rings. The molecular weight excluding hydrogens is 482 g/mol. The van der Waals surface area contributed by atoms with Gasteiger partial charge in [0.2, 0.25) is 6.79 Å². The number of halogens is 1. The number of fused-ring (bicyclic) bond motifs is 1. The Bertz CT molecular complexity index is 1070. The molecule has 8 nitrogen and oxygen atoms in total. The Kier molecular flexibility index (Phi) is 6.03. The van der Waals surface area contributed by atoms with Crippen LogP contribution in [0.4, 0.5) is 0 Å². The molecular formula is C23H24BrNO7. The number of hydrogen-bond acceptors (Lipinski definition) is 8. The molecule has 3 atom stereocenters. The number of ether oxygens (including phenoxy) is 4. The van der Waals surface area contributed by atoms with Crippen LogP contribution in [0.3, 0.4) is 0 Å². The largest absolute Gasteiger partial charge is 0.468 e. The van der Waals surface area contributed by atoms with Gasteiger partial charge in [-0.15, -0.1) is 0 Å². The number of allylic oxidation sites excluding steroid dienone is 3. The number of dihydropyridines is 1. The molecule has 0 saturated heterocycles. The quantitative estimate of drug-likeness (QED) is 0.491. The van der Waals surface area contributed by atoms with E-state index in [9.17, 15) is 14.4 Å². The Morgan fingerprint density at radius 1 is 1.25 bits per heavy atom. The zero-order valence-electron chi connectivity index (χ0n) is 18.2. The van der Waals surface area contributed by atoms with Gasteiger partial charge in [-0.05, 0) is 43.9 Å². The van der Waals surface area contributed by atoms with Crippen LogP contribution in [-0.2, 0) is 23.9 Å². The minimum absolute atomic E-state index is 0.0891. The number of ketones is 1. The van der Waals surface area contributed by atoms with Crippen LogP contribution in [0, 0.1) is 11.8 Å². The van der Waals surface area contributed by atoms with Gasteiger partial charge in [0, 0.05) is 27.4 Å². The maximum atomic E-state index is 13.7. The van der Waals surface area contributed by atoms with E-state index in [1.807, 2.05) is 6.92 Å². The summed E-state index contributed by atoms with van der Waals surface area (Å²) in [6.45, 7) is 5.63. The van der Waals surface area contributed by atoms with Crippen molar-refractivity contribution in [3.05, 3.63) is 44.7 Å². The standard InChI is InChI=1S/C23H24BrNO7/c1-5-30-23(28)18-11(3)25-14-6-10(2)17(22(27)29-4)21(26)20(14)19(18)12-7-15-16(8-13(12)24)32-9-31-15/h7-8,10,17,19,25H,5-6,9H2,1-4H3/t10-,17-,19-/m1/s1. The number of hydrogen-bond donors (Lipinski definition) is 1. The lowest BCUT2D eigenvalue weighted by Crippen LogP contribution is -2.43. The highest BCUT2D eigenvalue weighted by atomic mass is 79.9. The first-order valence-electron chi connectivity index (χ1n) is 10.4. The fourth-order valence-corrected chi connectivity index (χ4v) is 5.18. The second-order valence-corrected chi connectivity index (χ2v) is 8.84. The fraction of sp³-hybridized carbons (Fsp3) is 0.435. The fourth-order valence-electron chi connectivity index (χ4n) is 4.63. The predicted octanol–water partition coefficient (Wildman–Crippen LogP) is 3.35. The van der Waals surface area contributed by atoms with Crippen LogP contribution >= 0.6 is 15.9 Å². The number of esters is 2. The summed E-state index contributed by atoms with van der Waals surface area (Å²) < 4.78 is 21.9. The summed E-state index contributed by atoms with van der Waals surface area (Å²) in [5.41, 5.74) is 2.64. The summed E-state index contributed by atoms with van der Waals surface area (Å²) >= 11 is 3.57. The van der Waals surface area contributed by atoms with E-state index in [0.717, 1.165) is 0 Å². The Hall–Kier alpha value is -2.81. The molecule has 2 heterocycles. The molecule has 4 rings (SSSR count). The van der Waals surface area contributed by atoms with Gasteiger partial charge in [-0.3, -0.25) is 9.59 Å². The summed E-state index contributed by atoms with van der Waals surface area (Å²) in [5, 5.41) is 3.23. The summed E-state index contributed by atoms with van der Waals surface area (Å²) in [6.07, 6.45) is 0.465. The molecule has 1 aliphatic carbocycles. The van der Waals surface area contributed by atoms with E-state index >= 15 is 0 Å². The van der Waals surface area contributed by atoms with Crippen molar-refractivity contribution < 1.29 is 33.3 Å². The average Bonchev–Trinajstić information content (AvgIpc) is 3.19. The Morgan fingerprint density at radius 3 is 2.59 bits per heavy atom. The molecule has 9 heteroatoms. The van der Waals surface area contributed by atoms with Crippen LogP contribution in [-0.4, -0.2) is 38.2 Å². The van der Waals surface area contributed by atoms with Gasteiger partial charge in [0.05, 0.1) is 19.3 Å². The highest BCUT2D eigenvalue weighted by Crippen LogP contribution is 2.49. The smallest absolute Gasteiger partial charge is 0.336 e. The van der Waals surface area contributed by atoms with Crippen molar-refractivity contribution in [2.45, 2.75) is 33.1 Å². The van der Waals surface area contributed by atoms with Gasteiger partial charge in [-0.1, -0.05) is 22.9 Å². The van der Waals surface area contributed by atoms with Gasteiger partial charge >= 0.3 is 11.9 Å². The van der Waals surface area contributed by atoms with Crippen LogP contribution in [0.25, 0.3) is 0 Å². The van der Waals surface area contributed by atoms with Gasteiger partial charge in [0.15, 0.2) is 17.3 Å². The third-order valence-electron chi connectivity index (χ3n) is 6.04. The molecule has 0 fully saturated rings. The summed E-state index contributed by atoms with van der Waals surface area (Å²) in [7, 11) is 1.27. The van der Waals surface area contributed by atoms with E-state index in [1.165, 1.54) is 7.11 Å². The zero-order chi connectivity index (χ0) is 23.2. The lowest BCUT2D eigenvalue weighted by Gasteiger charge is -2.38. The lowest BCUT2D eigenvalue weighted by molar-refractivity contribution is -0.151. The van der Waals surface area contributed by atoms with E-state index in [0.29, 0.717) is 50.5 Å². The molecule has 32 heavy (non-hydrogen) atoms. The molecule has 170 valence electrons. The van der Waals surface area contributed by atoms with Crippen LogP contribution < -0.4 is 14.8 Å². The summed E-state index contributed by atoms with van der Waals surface area (Å²) in [5.74, 6) is -2.33. The van der Waals surface area contributed by atoms with Crippen LogP contribution in [0.15, 0.2) is 39.1 Å². The molecule has 0 spiro atoms. The maximum Gasteiger partial charge on any atom is 0.336 e. The van der Waals surface area contributed by atoms with Gasteiger partial charge in [0.25, 0.3) is 0 Å². The number of nitrogens with one attached hydrogen (secondary N) is 1. The van der Waals surface area contributed by atoms with Crippen molar-refractivity contribution in [3.8, 4) is 11.5 Å². The second kappa shape index (κ2) is 8.61. The first kappa shape index (κ1) is 22.4. The third kappa shape index (κ3) is 3.58. The van der Waals surface area contributed by atoms with Gasteiger partial charge in [0.1, 0.15) is 5.92 Å². The lowest BCUT2D eigenvalue weighted by atomic mass is 9.69. The van der Waals surface area contributed by atoms with Gasteiger partial charge in [-0.25, -0.2) is 4.79 Å². The first-order chi connectivity index (χ1) is 15.3. The Balaban J connectivity index is 1.92. The number of carbonyl (C=O) groups is 3. The van der Waals surface area contributed by atoms with E-state index in [2.05, 4.69) is 21.2 Å². The molecule has 2 aliphatic heterocycles. The first-order valence-corrected chi connectivity index (χ1v) is 11.2. The number of Topliss-reactive ketones (excluding diaryl/α,β-unsaturated/α-hetero) is 1. The Morgan fingerprint density at radius 2 is 1.94 bits per heavy atom. The average molecular weight is 506 g/mol. The predicted molar refractivity (Wildman–Crippen MR) is 117 cm³/mol. The second-order valence-electron chi connectivity index (χ2n) is 7.98. The van der Waals surface area contributed by atoms with E-state index in [1.54, 1.807) is 26.0 Å². The number of rotatable bonds is 4. The van der Waals surface area contributed by atoms with Crippen molar-refractivity contribution in [2.24, 2.45) is 11.8 Å². The van der Waals surface area contributed by atoms with Crippen LogP contribution in [0.1, 0.15) is 38.7 Å². The van der Waals surface area contributed by atoms with Gasteiger partial charge < -0.3 is 24.3 Å². The third-order valence-corrected chi connectivity index (χ3v) is 6.73. The van der Waals surface area contributed by atoms with Crippen LogP contribution in [0.5, 0.6) is 11.5 Å². The molecule has 1 aromatic rings. The monoisotopic (exact) mass is 505 g/mol. The minimum Gasteiger partial charge on any atom is -0.468 e. The van der Waals surface area contributed by atoms with Crippen molar-refractivity contribution >= 4 is 33.7 Å². The summed E-state index contributed by atoms with van der Waals surface area (Å²) in [6, 6.07) is 3.52. The van der Waals surface area contributed by atoms with Crippen molar-refractivity contribution in [1.82, 2.24) is 5.32 Å². The molecule has 0 aromatic heterocycles. The zero-order valence-corrected chi connectivity index (χ0v) is 19.8. The number of benzene rings is 1. The number of methoxy groups -OCH3 is 1. The maximum absolute atomic E-state index is 13.7. The molecule has 1 N–H and O–H groups in total. The van der Waals surface area contributed by atoms with Gasteiger partial charge in [-0.2, -0.15) is 0 Å². The van der Waals surface area contributed by atoms with Crippen molar-refractivity contribution in [2.75, 3.05) is 20.5 Å². The van der Waals surface area contributed by atoms with Crippen LogP contribution in [0.2, 0.25) is 0 Å². The molecule has 0 bridgehead atoms. The highest BCUT2D eigenvalue weighted by molar-refractivity contribution is 9.10. The topological polar surface area (TPSA) is 100 Å². The summed E-state index contributed by atoms with van der Waals surface area (Å²) in [4.78, 5) is 39.2. The van der Waals surface area contributed by atoms with E-state index in [4.69, 9.17) is 18.9 Å². The Labute approximate surface area is 194 Å². The van der Waals surface area contributed by atoms with Crippen molar-refractivity contribution in [1.29, 1.82) is 0 Å². The van der Waals surface area contributed by atoms with Crippen molar-refractivity contribution in [3.63, 3.8) is 0 Å². The SMILES string of the molecule is CCOC(=O)C1=C(C)NC2=C(C(=O)[C@H](C(=O)OC)[C@H](C)C2)[C@@H]1c1cc2c(cc1Br)OCO2. The molecule has 0 amide bonds. The molecule has 1 aromatic carbocycles. The molecule has 0 unspecified atom stereocenters. The normalized spacial score (nSPS) is 24.2. The molecule has 0 radical (unpaired) electrons. The molecule has 0 saturated carbocycles. The van der Waals surface area contributed by atoms with E-state index < -0.39 is 23.8 Å². The highest BCUT2D eigenvalue weighted by Gasteiger charge is 2.47. The number of carbonyl (C=O) groups excluding carboxylic acids is 3.